The predicted octanol–water partition coefficient (Wildman–Crippen LogP) is 3.07. The van der Waals surface area contributed by atoms with Gasteiger partial charge in [0.05, 0.1) is 17.2 Å². The molecule has 1 N–H and O–H groups in total. The Kier molecular flexibility index (Phi) is 3.36. The Hall–Kier alpha value is -1.19. The van der Waals surface area contributed by atoms with E-state index in [-0.39, 0.29) is 6.04 Å². The molecule has 0 aliphatic carbocycles. The fourth-order valence-electron chi connectivity index (χ4n) is 1.90. The minimum Gasteiger partial charge on any atom is -0.308 e. The molecule has 0 amide bonds. The van der Waals surface area contributed by atoms with Crippen LogP contribution in [-0.4, -0.2) is 12.0 Å². The summed E-state index contributed by atoms with van der Waals surface area (Å²) >= 11 is 1.64. The molecule has 0 radical (unpaired) electrons. The third-order valence-corrected chi connectivity index (χ3v) is 3.39. The van der Waals surface area contributed by atoms with Crippen LogP contribution in [0.3, 0.4) is 0 Å². The monoisotopic (exact) mass is 232 g/mol. The van der Waals surface area contributed by atoms with Crippen LogP contribution in [0.15, 0.2) is 29.1 Å². The molecule has 0 aliphatic rings. The summed E-state index contributed by atoms with van der Waals surface area (Å²) in [7, 11) is 1.98. The van der Waals surface area contributed by atoms with Crippen molar-refractivity contribution in [3.05, 3.63) is 51.5 Å². The van der Waals surface area contributed by atoms with Gasteiger partial charge in [0, 0.05) is 5.38 Å². The second-order valence-corrected chi connectivity index (χ2v) is 4.71. The van der Waals surface area contributed by atoms with E-state index in [2.05, 4.69) is 47.7 Å². The van der Waals surface area contributed by atoms with Gasteiger partial charge >= 0.3 is 0 Å². The summed E-state index contributed by atoms with van der Waals surface area (Å²) in [6.07, 6.45) is 0. The lowest BCUT2D eigenvalue weighted by molar-refractivity contribution is 0.671. The molecular weight excluding hydrogens is 216 g/mol. The number of hydrogen-bond acceptors (Lipinski definition) is 3. The van der Waals surface area contributed by atoms with Crippen LogP contribution in [0.2, 0.25) is 0 Å². The first kappa shape index (κ1) is 11.3. The molecule has 2 nitrogen and oxygen atoms in total. The number of rotatable bonds is 3. The lowest BCUT2D eigenvalue weighted by Gasteiger charge is -2.17. The number of hydrogen-bond donors (Lipinski definition) is 1. The SMILES string of the molecule is CNC(c1cscn1)c1cc(C)ccc1C. The molecule has 0 saturated carbocycles. The molecule has 0 bridgehead atoms. The largest absolute Gasteiger partial charge is 0.308 e. The Morgan fingerprint density at radius 2 is 2.12 bits per heavy atom. The zero-order valence-electron chi connectivity index (χ0n) is 9.82. The average Bonchev–Trinajstić information content (AvgIpc) is 2.78. The zero-order chi connectivity index (χ0) is 11.5. The molecule has 0 fully saturated rings. The van der Waals surface area contributed by atoms with Crippen molar-refractivity contribution in [3.63, 3.8) is 0 Å². The van der Waals surface area contributed by atoms with E-state index in [1.165, 1.54) is 16.7 Å². The second kappa shape index (κ2) is 4.76. The van der Waals surface area contributed by atoms with Gasteiger partial charge in [-0.1, -0.05) is 23.8 Å². The number of benzene rings is 1. The van der Waals surface area contributed by atoms with Gasteiger partial charge in [-0.05, 0) is 32.0 Å². The Balaban J connectivity index is 2.44. The maximum Gasteiger partial charge on any atom is 0.0795 e. The van der Waals surface area contributed by atoms with Gasteiger partial charge in [-0.3, -0.25) is 0 Å². The van der Waals surface area contributed by atoms with E-state index >= 15 is 0 Å². The molecule has 1 aromatic carbocycles. The number of nitrogens with one attached hydrogen (secondary N) is 1. The van der Waals surface area contributed by atoms with Gasteiger partial charge in [-0.25, -0.2) is 4.98 Å². The van der Waals surface area contributed by atoms with Gasteiger partial charge in [0.15, 0.2) is 0 Å². The van der Waals surface area contributed by atoms with Crippen molar-refractivity contribution < 1.29 is 0 Å². The highest BCUT2D eigenvalue weighted by Gasteiger charge is 2.15. The van der Waals surface area contributed by atoms with Gasteiger partial charge in [-0.15, -0.1) is 11.3 Å². The van der Waals surface area contributed by atoms with Crippen molar-refractivity contribution >= 4 is 11.3 Å². The zero-order valence-corrected chi connectivity index (χ0v) is 10.6. The minimum atomic E-state index is 0.200. The standard InChI is InChI=1S/C13H16N2S/c1-9-4-5-10(2)11(6-9)13(14-3)12-7-16-8-15-12/h4-8,13-14H,1-3H3. The van der Waals surface area contributed by atoms with Crippen molar-refractivity contribution in [2.45, 2.75) is 19.9 Å². The van der Waals surface area contributed by atoms with Crippen LogP contribution in [0.4, 0.5) is 0 Å². The molecule has 16 heavy (non-hydrogen) atoms. The highest BCUT2D eigenvalue weighted by atomic mass is 32.1. The van der Waals surface area contributed by atoms with Crippen molar-refractivity contribution in [2.24, 2.45) is 0 Å². The molecule has 3 heteroatoms. The summed E-state index contributed by atoms with van der Waals surface area (Å²) < 4.78 is 0. The molecule has 1 unspecified atom stereocenters. The van der Waals surface area contributed by atoms with E-state index < -0.39 is 0 Å². The van der Waals surface area contributed by atoms with Crippen molar-refractivity contribution in [2.75, 3.05) is 7.05 Å². The van der Waals surface area contributed by atoms with Gasteiger partial charge in [0.25, 0.3) is 0 Å². The second-order valence-electron chi connectivity index (χ2n) is 4.00. The predicted molar refractivity (Wildman–Crippen MR) is 68.9 cm³/mol. The molecule has 0 spiro atoms. The van der Waals surface area contributed by atoms with Gasteiger partial charge < -0.3 is 5.32 Å². The minimum absolute atomic E-state index is 0.200. The lowest BCUT2D eigenvalue weighted by Crippen LogP contribution is -2.19. The molecule has 0 aliphatic heterocycles. The summed E-state index contributed by atoms with van der Waals surface area (Å²) in [4.78, 5) is 4.39. The Morgan fingerprint density at radius 3 is 2.75 bits per heavy atom. The summed E-state index contributed by atoms with van der Waals surface area (Å²) in [5.41, 5.74) is 6.88. The first-order chi connectivity index (χ1) is 7.72. The molecule has 2 rings (SSSR count). The van der Waals surface area contributed by atoms with E-state index in [0.717, 1.165) is 5.69 Å². The summed E-state index contributed by atoms with van der Waals surface area (Å²) in [5.74, 6) is 0. The summed E-state index contributed by atoms with van der Waals surface area (Å²) in [6.45, 7) is 4.27. The fraction of sp³-hybridized carbons (Fsp3) is 0.308. The topological polar surface area (TPSA) is 24.9 Å². The van der Waals surface area contributed by atoms with Crippen LogP contribution in [0.25, 0.3) is 0 Å². The lowest BCUT2D eigenvalue weighted by atomic mass is 9.97. The summed E-state index contributed by atoms with van der Waals surface area (Å²) in [5, 5.41) is 5.43. The van der Waals surface area contributed by atoms with E-state index in [1.807, 2.05) is 12.6 Å². The van der Waals surface area contributed by atoms with Crippen LogP contribution in [0.5, 0.6) is 0 Å². The normalized spacial score (nSPS) is 12.7. The third kappa shape index (κ3) is 2.15. The molecule has 1 heterocycles. The maximum atomic E-state index is 4.39. The molecule has 2 aromatic rings. The third-order valence-electron chi connectivity index (χ3n) is 2.78. The van der Waals surface area contributed by atoms with E-state index in [4.69, 9.17) is 0 Å². The number of thiazole rings is 1. The smallest absolute Gasteiger partial charge is 0.0795 e. The van der Waals surface area contributed by atoms with E-state index in [9.17, 15) is 0 Å². The van der Waals surface area contributed by atoms with Crippen molar-refractivity contribution in [1.29, 1.82) is 0 Å². The molecular formula is C13H16N2S. The van der Waals surface area contributed by atoms with Gasteiger partial charge in [-0.2, -0.15) is 0 Å². The molecule has 84 valence electrons. The quantitative estimate of drug-likeness (QED) is 0.879. The van der Waals surface area contributed by atoms with Crippen LogP contribution >= 0.6 is 11.3 Å². The van der Waals surface area contributed by atoms with Gasteiger partial charge in [0.2, 0.25) is 0 Å². The van der Waals surface area contributed by atoms with Crippen LogP contribution in [-0.2, 0) is 0 Å². The fourth-order valence-corrected chi connectivity index (χ4v) is 2.48. The van der Waals surface area contributed by atoms with Gasteiger partial charge in [0.1, 0.15) is 0 Å². The first-order valence-electron chi connectivity index (χ1n) is 5.35. The van der Waals surface area contributed by atoms with Crippen molar-refractivity contribution in [3.8, 4) is 0 Å². The van der Waals surface area contributed by atoms with Crippen LogP contribution in [0.1, 0.15) is 28.4 Å². The Morgan fingerprint density at radius 1 is 1.31 bits per heavy atom. The van der Waals surface area contributed by atoms with Crippen LogP contribution in [0, 0.1) is 13.8 Å². The van der Waals surface area contributed by atoms with Crippen molar-refractivity contribution in [1.82, 2.24) is 10.3 Å². The Bertz CT molecular complexity index is 463. The van der Waals surface area contributed by atoms with E-state index in [1.54, 1.807) is 11.3 Å². The molecule has 0 saturated heterocycles. The first-order valence-corrected chi connectivity index (χ1v) is 6.29. The summed E-state index contributed by atoms with van der Waals surface area (Å²) in [6, 6.07) is 6.75. The highest BCUT2D eigenvalue weighted by Crippen LogP contribution is 2.25. The number of aryl methyl sites for hydroxylation is 2. The Labute approximate surface area is 100 Å². The van der Waals surface area contributed by atoms with Crippen LogP contribution < -0.4 is 5.32 Å². The number of nitrogens with zero attached hydrogens (tertiary/aromatic N) is 1. The van der Waals surface area contributed by atoms with E-state index in [0.29, 0.717) is 0 Å². The average molecular weight is 232 g/mol. The molecule has 1 aromatic heterocycles. The highest BCUT2D eigenvalue weighted by molar-refractivity contribution is 7.07. The molecule has 1 atom stereocenters. The number of aromatic nitrogens is 1. The maximum absolute atomic E-state index is 4.39.